The van der Waals surface area contributed by atoms with E-state index in [9.17, 15) is 14.4 Å². The lowest BCUT2D eigenvalue weighted by Gasteiger charge is -2.18. The molecule has 6 heteroatoms. The van der Waals surface area contributed by atoms with E-state index >= 15 is 0 Å². The van der Waals surface area contributed by atoms with Crippen LogP contribution in [0.5, 0.6) is 0 Å². The Labute approximate surface area is 419 Å². The Morgan fingerprint density at radius 2 is 0.618 bits per heavy atom. The lowest BCUT2D eigenvalue weighted by molar-refractivity contribution is -0.166. The van der Waals surface area contributed by atoms with E-state index < -0.39 is 12.1 Å². The summed E-state index contributed by atoms with van der Waals surface area (Å²) in [6, 6.07) is 0. The summed E-state index contributed by atoms with van der Waals surface area (Å²) < 4.78 is 16.7. The van der Waals surface area contributed by atoms with Crippen LogP contribution in [-0.2, 0) is 28.6 Å². The molecule has 0 amide bonds. The fraction of sp³-hybridized carbons (Fsp3) is 0.661. The molecule has 0 saturated carbocycles. The SMILES string of the molecule is CC/C=C\C/C=C\C/C=C\C/C=C\C/C=C\CC(=O)OC(COC(=O)CCCCCCC/C=C\CCCCC)COC(=O)CCCCCCCCCC/C=C\C/C=C\C/C=C\CCCCCCC. The number of allylic oxidation sites excluding steroid dienone is 17. The van der Waals surface area contributed by atoms with E-state index in [0.717, 1.165) is 96.3 Å². The molecule has 6 nitrogen and oxygen atoms in total. The molecule has 0 aromatic carbocycles. The van der Waals surface area contributed by atoms with Crippen molar-refractivity contribution in [2.45, 2.75) is 252 Å². The third-order valence-corrected chi connectivity index (χ3v) is 11.5. The highest BCUT2D eigenvalue weighted by Crippen LogP contribution is 2.13. The van der Waals surface area contributed by atoms with Crippen LogP contribution in [0.25, 0.3) is 0 Å². The maximum atomic E-state index is 12.8. The van der Waals surface area contributed by atoms with Gasteiger partial charge in [-0.15, -0.1) is 0 Å². The van der Waals surface area contributed by atoms with Crippen LogP contribution in [0.4, 0.5) is 0 Å². The van der Waals surface area contributed by atoms with E-state index in [4.69, 9.17) is 14.2 Å². The third kappa shape index (κ3) is 53.0. The second-order valence-corrected chi connectivity index (χ2v) is 18.1. The van der Waals surface area contributed by atoms with Crippen molar-refractivity contribution in [1.29, 1.82) is 0 Å². The number of rotatable bonds is 49. The summed E-state index contributed by atoms with van der Waals surface area (Å²) in [5.74, 6) is -1.07. The second-order valence-electron chi connectivity index (χ2n) is 18.1. The predicted octanol–water partition coefficient (Wildman–Crippen LogP) is 18.7. The minimum absolute atomic E-state index is 0.0905. The number of esters is 3. The molecule has 0 rings (SSSR count). The molecule has 0 aromatic heterocycles. The zero-order valence-electron chi connectivity index (χ0n) is 44.1. The number of unbranched alkanes of at least 4 members (excludes halogenated alkanes) is 21. The van der Waals surface area contributed by atoms with E-state index in [-0.39, 0.29) is 31.6 Å². The zero-order valence-corrected chi connectivity index (χ0v) is 44.1. The highest BCUT2D eigenvalue weighted by Gasteiger charge is 2.19. The fourth-order valence-electron chi connectivity index (χ4n) is 7.34. The molecule has 0 aliphatic heterocycles. The van der Waals surface area contributed by atoms with Gasteiger partial charge in [-0.3, -0.25) is 14.4 Å². The first kappa shape index (κ1) is 64.1. The Morgan fingerprint density at radius 1 is 0.324 bits per heavy atom. The van der Waals surface area contributed by atoms with Gasteiger partial charge in [0.15, 0.2) is 6.10 Å². The maximum Gasteiger partial charge on any atom is 0.310 e. The first-order chi connectivity index (χ1) is 33.5. The first-order valence-corrected chi connectivity index (χ1v) is 27.9. The monoisotopic (exact) mass is 943 g/mol. The van der Waals surface area contributed by atoms with Crippen LogP contribution in [-0.4, -0.2) is 37.2 Å². The quantitative estimate of drug-likeness (QED) is 0.0262. The molecule has 0 aliphatic carbocycles. The summed E-state index contributed by atoms with van der Waals surface area (Å²) in [6.07, 6.45) is 75.3. The van der Waals surface area contributed by atoms with Crippen LogP contribution in [0, 0.1) is 0 Å². The summed E-state index contributed by atoms with van der Waals surface area (Å²) in [5.41, 5.74) is 0. The summed E-state index contributed by atoms with van der Waals surface area (Å²) in [5, 5.41) is 0. The molecule has 0 aromatic rings. The van der Waals surface area contributed by atoms with Gasteiger partial charge >= 0.3 is 17.9 Å². The van der Waals surface area contributed by atoms with E-state index in [2.05, 4.69) is 118 Å². The van der Waals surface area contributed by atoms with E-state index in [0.29, 0.717) is 19.3 Å². The van der Waals surface area contributed by atoms with Crippen LogP contribution in [0.3, 0.4) is 0 Å². The van der Waals surface area contributed by atoms with Gasteiger partial charge in [0, 0.05) is 12.8 Å². The molecule has 1 atom stereocenters. The van der Waals surface area contributed by atoms with Gasteiger partial charge in [0.25, 0.3) is 0 Å². The minimum atomic E-state index is -0.840. The molecule has 68 heavy (non-hydrogen) atoms. The Bertz CT molecular complexity index is 1410. The largest absolute Gasteiger partial charge is 0.462 e. The van der Waals surface area contributed by atoms with Crippen molar-refractivity contribution >= 4 is 17.9 Å². The van der Waals surface area contributed by atoms with Gasteiger partial charge in [-0.2, -0.15) is 0 Å². The lowest BCUT2D eigenvalue weighted by atomic mass is 10.1. The smallest absolute Gasteiger partial charge is 0.310 e. The van der Waals surface area contributed by atoms with Crippen LogP contribution in [0.15, 0.2) is 109 Å². The van der Waals surface area contributed by atoms with Crippen LogP contribution in [0.1, 0.15) is 245 Å². The second kappa shape index (κ2) is 55.7. The summed E-state index contributed by atoms with van der Waals surface area (Å²) >= 11 is 0. The molecule has 0 bridgehead atoms. The summed E-state index contributed by atoms with van der Waals surface area (Å²) in [6.45, 7) is 6.38. The van der Waals surface area contributed by atoms with Gasteiger partial charge in [0.2, 0.25) is 0 Å². The van der Waals surface area contributed by atoms with Crippen LogP contribution in [0.2, 0.25) is 0 Å². The van der Waals surface area contributed by atoms with E-state index in [1.54, 1.807) is 6.08 Å². The normalized spacial score (nSPS) is 12.9. The zero-order chi connectivity index (χ0) is 49.3. The molecule has 0 saturated heterocycles. The van der Waals surface area contributed by atoms with Crippen molar-refractivity contribution < 1.29 is 28.6 Å². The van der Waals surface area contributed by atoms with Gasteiger partial charge in [-0.05, 0) is 109 Å². The van der Waals surface area contributed by atoms with Crippen LogP contribution >= 0.6 is 0 Å². The van der Waals surface area contributed by atoms with E-state index in [1.807, 2.05) is 6.08 Å². The molecule has 0 heterocycles. The summed E-state index contributed by atoms with van der Waals surface area (Å²) in [4.78, 5) is 38.0. The maximum absolute atomic E-state index is 12.8. The molecule has 1 unspecified atom stereocenters. The standard InChI is InChI=1S/C62H102O6/c1-4-7-10-13-16-19-22-25-27-28-29-30-31-32-33-34-36-37-40-43-46-49-52-55-61(64)67-58-59(57-66-60(63)54-51-48-45-42-39-24-21-18-15-12-9-6-3)68-62(65)56-53-50-47-44-41-38-35-26-23-20-17-14-11-8-5-2/h8,11,17-18,20-22,25-26,28-29,31-32,35,41,44,50,53,59H,4-7,9-10,12-16,19,23-24,27,30,33-34,36-40,42-43,45-49,51-52,54-58H2,1-3H3/b11-8-,20-17-,21-18-,25-22-,29-28-,32-31-,35-26-,44-41-,53-50-. The lowest BCUT2D eigenvalue weighted by Crippen LogP contribution is -2.30. The topological polar surface area (TPSA) is 78.9 Å². The Morgan fingerprint density at radius 3 is 1.01 bits per heavy atom. The number of hydrogen-bond acceptors (Lipinski definition) is 6. The number of carbonyl (C=O) groups excluding carboxylic acids is 3. The van der Waals surface area contributed by atoms with Gasteiger partial charge in [0.1, 0.15) is 13.2 Å². The van der Waals surface area contributed by atoms with Crippen molar-refractivity contribution in [2.24, 2.45) is 0 Å². The third-order valence-electron chi connectivity index (χ3n) is 11.5. The Hall–Kier alpha value is -3.93. The van der Waals surface area contributed by atoms with E-state index in [1.165, 1.54) is 103 Å². The fourth-order valence-corrected chi connectivity index (χ4v) is 7.34. The molecule has 0 N–H and O–H groups in total. The van der Waals surface area contributed by atoms with Crippen molar-refractivity contribution in [1.82, 2.24) is 0 Å². The minimum Gasteiger partial charge on any atom is -0.462 e. The highest BCUT2D eigenvalue weighted by atomic mass is 16.6. The average Bonchev–Trinajstić information content (AvgIpc) is 3.34. The Balaban J connectivity index is 4.44. The Kier molecular flexibility index (Phi) is 52.4. The van der Waals surface area contributed by atoms with Crippen molar-refractivity contribution in [2.75, 3.05) is 13.2 Å². The predicted molar refractivity (Wildman–Crippen MR) is 293 cm³/mol. The van der Waals surface area contributed by atoms with Gasteiger partial charge in [0.05, 0.1) is 6.42 Å². The van der Waals surface area contributed by atoms with Crippen molar-refractivity contribution in [3.63, 3.8) is 0 Å². The van der Waals surface area contributed by atoms with Gasteiger partial charge in [-0.25, -0.2) is 0 Å². The highest BCUT2D eigenvalue weighted by molar-refractivity contribution is 5.72. The van der Waals surface area contributed by atoms with Crippen LogP contribution < -0.4 is 0 Å². The van der Waals surface area contributed by atoms with Crippen molar-refractivity contribution in [3.8, 4) is 0 Å². The number of ether oxygens (including phenoxy) is 3. The first-order valence-electron chi connectivity index (χ1n) is 27.9. The molecular weight excluding hydrogens is 841 g/mol. The molecular formula is C62H102O6. The van der Waals surface area contributed by atoms with Crippen molar-refractivity contribution in [3.05, 3.63) is 109 Å². The summed E-state index contributed by atoms with van der Waals surface area (Å²) in [7, 11) is 0. The average molecular weight is 943 g/mol. The number of hydrogen-bond donors (Lipinski definition) is 0. The molecule has 0 fully saturated rings. The molecule has 0 aliphatic rings. The molecule has 386 valence electrons. The molecule has 0 radical (unpaired) electrons. The number of carbonyl (C=O) groups is 3. The van der Waals surface area contributed by atoms with Gasteiger partial charge in [-0.1, -0.05) is 226 Å². The molecule has 0 spiro atoms. The van der Waals surface area contributed by atoms with Gasteiger partial charge < -0.3 is 14.2 Å².